The zero-order valence-corrected chi connectivity index (χ0v) is 31.6. The minimum Gasteiger partial charge on any atom is -0.507 e. The Balaban J connectivity index is 1.64. The number of hydrogen-bond acceptors (Lipinski definition) is 8. The first-order valence-corrected chi connectivity index (χ1v) is 18.7. The minimum absolute atomic E-state index is 0.00118. The second-order valence-corrected chi connectivity index (χ2v) is 16.8. The third kappa shape index (κ3) is 5.86. The predicted octanol–water partition coefficient (Wildman–Crippen LogP) is 6.90. The van der Waals surface area contributed by atoms with Gasteiger partial charge in [-0.05, 0) is 96.6 Å². The van der Waals surface area contributed by atoms with Crippen LogP contribution in [0.3, 0.4) is 0 Å². The number of carbonyl (C=O) groups excluding carboxylic acids is 6. The zero-order chi connectivity index (χ0) is 38.0. The molecule has 0 aliphatic heterocycles. The van der Waals surface area contributed by atoms with E-state index in [2.05, 4.69) is 32.0 Å². The molecule has 5 rings (SSSR count). The lowest BCUT2D eigenvalue weighted by molar-refractivity contribution is -0.205. The minimum atomic E-state index is -2.73. The highest BCUT2D eigenvalue weighted by atomic mass is 16.3. The number of Topliss-reactive ketones (excluding diaryl/α,β-unsaturated/α-hetero) is 6. The van der Waals surface area contributed by atoms with Gasteiger partial charge in [0.05, 0.1) is 11.5 Å². The molecular formula is C43H54O8. The molecule has 0 amide bonds. The summed E-state index contributed by atoms with van der Waals surface area (Å²) >= 11 is 0. The van der Waals surface area contributed by atoms with Gasteiger partial charge in [-0.25, -0.2) is 0 Å². The molecule has 2 aromatic carbocycles. The summed E-state index contributed by atoms with van der Waals surface area (Å²) < 4.78 is 0. The summed E-state index contributed by atoms with van der Waals surface area (Å²) in [5, 5.41) is 23.5. The van der Waals surface area contributed by atoms with E-state index < -0.39 is 69.0 Å². The van der Waals surface area contributed by atoms with Crippen molar-refractivity contribution in [2.45, 2.75) is 113 Å². The Morgan fingerprint density at radius 1 is 0.941 bits per heavy atom. The zero-order valence-electron chi connectivity index (χ0n) is 31.6. The monoisotopic (exact) mass is 698 g/mol. The predicted molar refractivity (Wildman–Crippen MR) is 194 cm³/mol. The summed E-state index contributed by atoms with van der Waals surface area (Å²) in [6.07, 6.45) is 3.67. The number of aryl methyl sites for hydroxylation is 2. The van der Waals surface area contributed by atoms with E-state index in [1.54, 1.807) is 33.8 Å². The average molecular weight is 699 g/mol. The third-order valence-corrected chi connectivity index (χ3v) is 12.6. The van der Waals surface area contributed by atoms with Crippen molar-refractivity contribution in [3.8, 4) is 16.9 Å². The highest BCUT2D eigenvalue weighted by Gasteiger charge is 2.76. The van der Waals surface area contributed by atoms with Crippen molar-refractivity contribution >= 4 is 34.7 Å². The van der Waals surface area contributed by atoms with Gasteiger partial charge in [-0.3, -0.25) is 28.8 Å². The summed E-state index contributed by atoms with van der Waals surface area (Å²) in [5.41, 5.74) is -1.10. The van der Waals surface area contributed by atoms with Gasteiger partial charge in [0.2, 0.25) is 0 Å². The van der Waals surface area contributed by atoms with Crippen LogP contribution in [0.5, 0.6) is 5.75 Å². The van der Waals surface area contributed by atoms with E-state index in [-0.39, 0.29) is 41.8 Å². The Morgan fingerprint density at radius 3 is 2.18 bits per heavy atom. The largest absolute Gasteiger partial charge is 0.507 e. The van der Waals surface area contributed by atoms with Crippen molar-refractivity contribution in [2.75, 3.05) is 0 Å². The van der Waals surface area contributed by atoms with Crippen molar-refractivity contribution in [3.63, 3.8) is 0 Å². The number of phenols is 1. The lowest BCUT2D eigenvalue weighted by Crippen LogP contribution is -2.76. The lowest BCUT2D eigenvalue weighted by atomic mass is 9.40. The van der Waals surface area contributed by atoms with Gasteiger partial charge >= 0.3 is 0 Å². The Hall–Kier alpha value is -3.78. The first kappa shape index (κ1) is 38.5. The van der Waals surface area contributed by atoms with E-state index >= 15 is 0 Å². The molecule has 0 radical (unpaired) electrons. The van der Waals surface area contributed by atoms with E-state index in [1.807, 2.05) is 13.8 Å². The van der Waals surface area contributed by atoms with Gasteiger partial charge in [-0.1, -0.05) is 79.7 Å². The Bertz CT molecular complexity index is 1820. The molecule has 0 heterocycles. The fraction of sp³-hybridized carbons (Fsp3) is 0.581. The fourth-order valence-electron chi connectivity index (χ4n) is 10.3. The molecule has 4 unspecified atom stereocenters. The maximum Gasteiger partial charge on any atom is 0.190 e. The Labute approximate surface area is 301 Å². The second-order valence-electron chi connectivity index (χ2n) is 16.8. The molecular weight excluding hydrogens is 644 g/mol. The lowest BCUT2D eigenvalue weighted by Gasteiger charge is -2.61. The molecule has 8 heteroatoms. The first-order valence-electron chi connectivity index (χ1n) is 18.7. The van der Waals surface area contributed by atoms with Gasteiger partial charge in [-0.15, -0.1) is 0 Å². The quantitative estimate of drug-likeness (QED) is 0.242. The molecule has 51 heavy (non-hydrogen) atoms. The maximum atomic E-state index is 14.7. The molecule has 8 nitrogen and oxygen atoms in total. The van der Waals surface area contributed by atoms with Crippen LogP contribution in [-0.2, 0) is 43.2 Å². The second kappa shape index (κ2) is 13.6. The average Bonchev–Trinajstić information content (AvgIpc) is 3.02. The van der Waals surface area contributed by atoms with Gasteiger partial charge in [0.1, 0.15) is 23.2 Å². The molecule has 0 bridgehead atoms. The number of rotatable bonds is 11. The van der Waals surface area contributed by atoms with E-state index in [0.717, 1.165) is 42.0 Å². The van der Waals surface area contributed by atoms with Crippen LogP contribution in [-0.4, -0.2) is 50.5 Å². The number of phenolic OH excluding ortho intramolecular Hbond substituents is 1. The molecule has 3 aliphatic rings. The molecule has 3 aliphatic carbocycles. The van der Waals surface area contributed by atoms with Crippen LogP contribution in [0, 0.1) is 46.3 Å². The SMILES string of the molecule is CCCC(=O)C(CCc1ccc(CC)c(-c2ccc(O)c3c2C[C@]2(C)C[C@]4(C)C(C(C)C)C(=O)C(C(C)=O)C(=O)[C@]4(O)C(=O)C2C3=O)c1)C(C)C. The highest BCUT2D eigenvalue weighted by molar-refractivity contribution is 6.32. The highest BCUT2D eigenvalue weighted by Crippen LogP contribution is 2.64. The Kier molecular flexibility index (Phi) is 10.3. The van der Waals surface area contributed by atoms with Crippen LogP contribution < -0.4 is 0 Å². The van der Waals surface area contributed by atoms with Crippen molar-refractivity contribution in [1.29, 1.82) is 0 Å². The van der Waals surface area contributed by atoms with Gasteiger partial charge < -0.3 is 10.2 Å². The van der Waals surface area contributed by atoms with E-state index in [1.165, 1.54) is 6.07 Å². The number of benzene rings is 2. The van der Waals surface area contributed by atoms with E-state index in [9.17, 15) is 39.0 Å². The smallest absolute Gasteiger partial charge is 0.190 e. The summed E-state index contributed by atoms with van der Waals surface area (Å²) in [5.74, 6) is -8.63. The van der Waals surface area contributed by atoms with Gasteiger partial charge in [0.25, 0.3) is 0 Å². The summed E-state index contributed by atoms with van der Waals surface area (Å²) in [7, 11) is 0. The Morgan fingerprint density at radius 2 is 1.61 bits per heavy atom. The van der Waals surface area contributed by atoms with Crippen molar-refractivity contribution in [3.05, 3.63) is 52.6 Å². The van der Waals surface area contributed by atoms with Crippen LogP contribution in [0.1, 0.15) is 115 Å². The topological polar surface area (TPSA) is 143 Å². The van der Waals surface area contributed by atoms with Gasteiger partial charge in [0.15, 0.2) is 28.7 Å². The summed E-state index contributed by atoms with van der Waals surface area (Å²) in [6.45, 7) is 16.3. The van der Waals surface area contributed by atoms with Crippen LogP contribution in [0.15, 0.2) is 30.3 Å². The third-order valence-electron chi connectivity index (χ3n) is 12.6. The van der Waals surface area contributed by atoms with Crippen LogP contribution in [0.4, 0.5) is 0 Å². The van der Waals surface area contributed by atoms with E-state index in [0.29, 0.717) is 24.8 Å². The molecule has 0 spiro atoms. The summed E-state index contributed by atoms with van der Waals surface area (Å²) in [6, 6.07) is 9.51. The van der Waals surface area contributed by atoms with Crippen molar-refractivity contribution in [1.82, 2.24) is 0 Å². The number of carbonyl (C=O) groups is 6. The molecule has 274 valence electrons. The molecule has 2 saturated carbocycles. The van der Waals surface area contributed by atoms with Crippen LogP contribution in [0.25, 0.3) is 11.1 Å². The van der Waals surface area contributed by atoms with E-state index in [4.69, 9.17) is 0 Å². The number of fused-ring (bicyclic) bond motifs is 3. The molecule has 0 saturated heterocycles. The number of hydrogen-bond donors (Lipinski definition) is 2. The van der Waals surface area contributed by atoms with Gasteiger partial charge in [0, 0.05) is 23.7 Å². The van der Waals surface area contributed by atoms with Crippen molar-refractivity contribution < 1.29 is 39.0 Å². The van der Waals surface area contributed by atoms with Gasteiger partial charge in [-0.2, -0.15) is 0 Å². The molecule has 2 N–H and O–H groups in total. The maximum absolute atomic E-state index is 14.7. The van der Waals surface area contributed by atoms with Crippen LogP contribution in [0.2, 0.25) is 0 Å². The molecule has 2 aromatic rings. The first-order chi connectivity index (χ1) is 23.8. The standard InChI is InChI=1S/C43H54O8/c1-10-12-31(45)27(22(3)4)16-14-25-13-15-26(11-2)29(19-25)28-17-18-32(46)34-30(28)20-41(8)21-42(9)35(23(5)6)37(47)33(24(7)44)39(49)43(42,51)40(50)36(41)38(34)48/h13,15,17-19,22-23,27,33,35-36,46,51H,10-12,14,16,20-21H2,1-9H3/t27?,33?,35?,36?,41-,42-,43+/m1/s1. The molecule has 0 aromatic heterocycles. The normalized spacial score (nSPS) is 29.5. The molecule has 2 fully saturated rings. The number of ketones is 6. The number of aliphatic hydroxyl groups is 1. The molecule has 7 atom stereocenters. The number of aromatic hydroxyl groups is 1. The van der Waals surface area contributed by atoms with Crippen molar-refractivity contribution in [2.24, 2.45) is 46.3 Å². The fourth-order valence-corrected chi connectivity index (χ4v) is 10.3. The van der Waals surface area contributed by atoms with Crippen LogP contribution >= 0.6 is 0 Å². The summed E-state index contributed by atoms with van der Waals surface area (Å²) in [4.78, 5) is 82.7.